The summed E-state index contributed by atoms with van der Waals surface area (Å²) < 4.78 is 1.30. The van der Waals surface area contributed by atoms with E-state index in [0.717, 1.165) is 11.5 Å². The highest BCUT2D eigenvalue weighted by Gasteiger charge is 2.16. The highest BCUT2D eigenvalue weighted by Crippen LogP contribution is 2.34. The van der Waals surface area contributed by atoms with Crippen molar-refractivity contribution in [3.05, 3.63) is 44.2 Å². The molecule has 0 aliphatic carbocycles. The molecule has 0 atom stereocenters. The maximum Gasteiger partial charge on any atom is 0.280 e. The van der Waals surface area contributed by atoms with Crippen molar-refractivity contribution in [1.82, 2.24) is 3.96 Å². The lowest BCUT2D eigenvalue weighted by molar-refractivity contribution is 0.279. The smallest absolute Gasteiger partial charge is 0.280 e. The molecule has 2 aromatic rings. The normalized spacial score (nSPS) is 10.3. The van der Waals surface area contributed by atoms with Gasteiger partial charge < -0.3 is 10.4 Å². The average Bonchev–Trinajstić information content (AvgIpc) is 2.71. The fourth-order valence-corrected chi connectivity index (χ4v) is 3.00. The van der Waals surface area contributed by atoms with E-state index in [1.54, 1.807) is 18.2 Å². The molecule has 0 fully saturated rings. The fourth-order valence-electron chi connectivity index (χ4n) is 1.57. The molecule has 0 aliphatic rings. The van der Waals surface area contributed by atoms with E-state index < -0.39 is 5.56 Å². The number of nitriles is 1. The van der Waals surface area contributed by atoms with Crippen LogP contribution in [0.2, 0.25) is 10.0 Å². The van der Waals surface area contributed by atoms with Gasteiger partial charge in [0.05, 0.1) is 28.9 Å². The number of aromatic nitrogens is 1. The first kappa shape index (κ1) is 14.9. The van der Waals surface area contributed by atoms with Gasteiger partial charge in [0.2, 0.25) is 0 Å². The van der Waals surface area contributed by atoms with Crippen LogP contribution in [-0.4, -0.2) is 15.7 Å². The van der Waals surface area contributed by atoms with Gasteiger partial charge in [0.1, 0.15) is 11.1 Å². The van der Waals surface area contributed by atoms with E-state index in [2.05, 4.69) is 5.32 Å². The molecule has 2 N–H and O–H groups in total. The van der Waals surface area contributed by atoms with Gasteiger partial charge in [-0.15, -0.1) is 0 Å². The van der Waals surface area contributed by atoms with Crippen molar-refractivity contribution in [1.29, 1.82) is 5.26 Å². The molecule has 2 rings (SSSR count). The largest absolute Gasteiger partial charge is 0.394 e. The van der Waals surface area contributed by atoms with Crippen LogP contribution in [0.1, 0.15) is 5.56 Å². The molecule has 0 unspecified atom stereocenters. The summed E-state index contributed by atoms with van der Waals surface area (Å²) in [5, 5.41) is 22.0. The van der Waals surface area contributed by atoms with E-state index in [4.69, 9.17) is 33.6 Å². The standard InChI is InChI=1S/C12H9Cl2N3O2S/c13-8-2-1-3-9(14)10(8)16-11-7(6-15)12(19)17(20-11)4-5-18/h1-3,16,18H,4-5H2. The molecule has 1 heterocycles. The van der Waals surface area contributed by atoms with E-state index in [1.165, 1.54) is 3.96 Å². The van der Waals surface area contributed by atoms with Crippen molar-refractivity contribution in [3.63, 3.8) is 0 Å². The third-order valence-electron chi connectivity index (χ3n) is 2.49. The Labute approximate surface area is 128 Å². The molecule has 0 saturated heterocycles. The molecular weight excluding hydrogens is 321 g/mol. The van der Waals surface area contributed by atoms with E-state index in [1.807, 2.05) is 6.07 Å². The number of hydrogen-bond donors (Lipinski definition) is 2. The van der Waals surface area contributed by atoms with Crippen LogP contribution in [0, 0.1) is 11.3 Å². The maximum absolute atomic E-state index is 11.9. The topological polar surface area (TPSA) is 78.1 Å². The molecule has 0 saturated carbocycles. The Morgan fingerprint density at radius 1 is 1.40 bits per heavy atom. The Morgan fingerprint density at radius 3 is 2.60 bits per heavy atom. The molecule has 0 spiro atoms. The predicted octanol–water partition coefficient (Wildman–Crippen LogP) is 2.82. The van der Waals surface area contributed by atoms with Crippen molar-refractivity contribution in [2.75, 3.05) is 11.9 Å². The third kappa shape index (κ3) is 2.81. The second kappa shape index (κ2) is 6.29. The Balaban J connectivity index is 2.47. The zero-order valence-electron chi connectivity index (χ0n) is 10.1. The number of aliphatic hydroxyl groups excluding tert-OH is 1. The van der Waals surface area contributed by atoms with Gasteiger partial charge in [-0.25, -0.2) is 0 Å². The van der Waals surface area contributed by atoms with Crippen LogP contribution in [0.15, 0.2) is 23.0 Å². The SMILES string of the molecule is N#Cc1c(Nc2c(Cl)cccc2Cl)sn(CCO)c1=O. The van der Waals surface area contributed by atoms with E-state index in [0.29, 0.717) is 20.7 Å². The molecule has 104 valence electrons. The van der Waals surface area contributed by atoms with Gasteiger partial charge in [-0.05, 0) is 23.7 Å². The van der Waals surface area contributed by atoms with Gasteiger partial charge in [-0.3, -0.25) is 8.75 Å². The molecule has 0 aliphatic heterocycles. The molecule has 1 aromatic carbocycles. The number of para-hydroxylation sites is 1. The van der Waals surface area contributed by atoms with Crippen molar-refractivity contribution in [3.8, 4) is 6.07 Å². The van der Waals surface area contributed by atoms with Gasteiger partial charge in [-0.2, -0.15) is 5.26 Å². The minimum absolute atomic E-state index is 0.0283. The first-order chi connectivity index (χ1) is 9.58. The number of nitrogens with zero attached hydrogens (tertiary/aromatic N) is 2. The first-order valence-electron chi connectivity index (χ1n) is 5.54. The average molecular weight is 330 g/mol. The molecule has 0 bridgehead atoms. The minimum atomic E-state index is -0.447. The monoisotopic (exact) mass is 329 g/mol. The summed E-state index contributed by atoms with van der Waals surface area (Å²) in [6, 6.07) is 6.84. The summed E-state index contributed by atoms with van der Waals surface area (Å²) in [5.74, 6) is 0. The summed E-state index contributed by atoms with van der Waals surface area (Å²) in [4.78, 5) is 11.9. The second-order valence-electron chi connectivity index (χ2n) is 3.76. The van der Waals surface area contributed by atoms with Crippen LogP contribution in [-0.2, 0) is 6.54 Å². The third-order valence-corrected chi connectivity index (χ3v) is 4.17. The fraction of sp³-hybridized carbons (Fsp3) is 0.167. The van der Waals surface area contributed by atoms with Gasteiger partial charge in [0, 0.05) is 0 Å². The van der Waals surface area contributed by atoms with Crippen LogP contribution in [0.25, 0.3) is 0 Å². The molecule has 0 radical (unpaired) electrons. The summed E-state index contributed by atoms with van der Waals surface area (Å²) in [5.41, 5.74) is -0.0404. The van der Waals surface area contributed by atoms with E-state index in [-0.39, 0.29) is 18.7 Å². The number of rotatable bonds is 4. The highest BCUT2D eigenvalue weighted by molar-refractivity contribution is 7.11. The van der Waals surface area contributed by atoms with Gasteiger partial charge in [0.15, 0.2) is 5.56 Å². The quantitative estimate of drug-likeness (QED) is 0.904. The van der Waals surface area contributed by atoms with Crippen molar-refractivity contribution in [2.24, 2.45) is 0 Å². The molecule has 5 nitrogen and oxygen atoms in total. The van der Waals surface area contributed by atoms with Gasteiger partial charge in [0.25, 0.3) is 5.56 Å². The lowest BCUT2D eigenvalue weighted by Gasteiger charge is -2.08. The lowest BCUT2D eigenvalue weighted by atomic mass is 10.3. The number of halogens is 2. The number of aliphatic hydroxyl groups is 1. The summed E-state index contributed by atoms with van der Waals surface area (Å²) in [6.07, 6.45) is 0. The molecular formula is C12H9Cl2N3O2S. The maximum atomic E-state index is 11.9. The number of nitrogens with one attached hydrogen (secondary N) is 1. The van der Waals surface area contributed by atoms with E-state index in [9.17, 15) is 4.79 Å². The minimum Gasteiger partial charge on any atom is -0.394 e. The van der Waals surface area contributed by atoms with E-state index >= 15 is 0 Å². The zero-order valence-corrected chi connectivity index (χ0v) is 12.4. The Kier molecular flexibility index (Phi) is 4.68. The van der Waals surface area contributed by atoms with Crippen LogP contribution >= 0.6 is 34.7 Å². The molecule has 0 amide bonds. The Bertz CT molecular complexity index is 713. The Morgan fingerprint density at radius 2 is 2.05 bits per heavy atom. The van der Waals surface area contributed by atoms with Crippen LogP contribution in [0.5, 0.6) is 0 Å². The van der Waals surface area contributed by atoms with Crippen molar-refractivity contribution in [2.45, 2.75) is 6.54 Å². The van der Waals surface area contributed by atoms with Gasteiger partial charge >= 0.3 is 0 Å². The summed E-state index contributed by atoms with van der Waals surface area (Å²) >= 11 is 13.1. The predicted molar refractivity (Wildman–Crippen MR) is 80.1 cm³/mol. The lowest BCUT2D eigenvalue weighted by Crippen LogP contribution is -2.17. The van der Waals surface area contributed by atoms with Crippen LogP contribution in [0.3, 0.4) is 0 Å². The number of anilines is 2. The zero-order chi connectivity index (χ0) is 14.7. The van der Waals surface area contributed by atoms with Crippen LogP contribution < -0.4 is 10.9 Å². The number of benzene rings is 1. The van der Waals surface area contributed by atoms with Crippen molar-refractivity contribution >= 4 is 45.4 Å². The highest BCUT2D eigenvalue weighted by atomic mass is 35.5. The molecule has 1 aromatic heterocycles. The number of hydrogen-bond acceptors (Lipinski definition) is 5. The first-order valence-corrected chi connectivity index (χ1v) is 7.07. The molecule has 20 heavy (non-hydrogen) atoms. The second-order valence-corrected chi connectivity index (χ2v) is 5.61. The molecule has 8 heteroatoms. The van der Waals surface area contributed by atoms with Crippen molar-refractivity contribution < 1.29 is 5.11 Å². The van der Waals surface area contributed by atoms with Gasteiger partial charge in [-0.1, -0.05) is 29.3 Å². The summed E-state index contributed by atoms with van der Waals surface area (Å²) in [7, 11) is 0. The van der Waals surface area contributed by atoms with Crippen LogP contribution in [0.4, 0.5) is 10.7 Å². The Hall–Kier alpha value is -1.52. The summed E-state index contributed by atoms with van der Waals surface area (Å²) in [6.45, 7) is -0.0479.